The summed E-state index contributed by atoms with van der Waals surface area (Å²) in [4.78, 5) is 12.2. The maximum Gasteiger partial charge on any atom is 0.433 e. The minimum atomic E-state index is -0.606. The van der Waals surface area contributed by atoms with E-state index in [-0.39, 0.29) is 11.6 Å². The predicted molar refractivity (Wildman–Crippen MR) is 88.6 cm³/mol. The maximum atomic E-state index is 10.5. The Balaban J connectivity index is 1.58. The number of morpholine rings is 1. The molecule has 1 saturated heterocycles. The molecule has 1 aromatic rings. The Labute approximate surface area is 138 Å². The standard InChI is InChI=1S/C13H19N5O4S/c19-18(20)12-3-2-11(22-12)10-15-16-13(23)14-4-1-5-17-6-8-21-9-7-17/h2-3,10H,1,4-9H2,(H2,14,16,23)/b15-10-. The summed E-state index contributed by atoms with van der Waals surface area (Å²) in [7, 11) is 0. The molecule has 0 spiro atoms. The molecule has 0 atom stereocenters. The van der Waals surface area contributed by atoms with Gasteiger partial charge in [0, 0.05) is 19.6 Å². The van der Waals surface area contributed by atoms with E-state index in [1.54, 1.807) is 0 Å². The summed E-state index contributed by atoms with van der Waals surface area (Å²) in [6.07, 6.45) is 2.30. The van der Waals surface area contributed by atoms with Gasteiger partial charge in [-0.2, -0.15) is 5.10 Å². The molecule has 23 heavy (non-hydrogen) atoms. The van der Waals surface area contributed by atoms with Gasteiger partial charge in [-0.05, 0) is 31.2 Å². The Morgan fingerprint density at radius 3 is 2.96 bits per heavy atom. The van der Waals surface area contributed by atoms with Gasteiger partial charge in [-0.1, -0.05) is 0 Å². The number of hydrogen-bond acceptors (Lipinski definition) is 7. The largest absolute Gasteiger partial charge is 0.433 e. The van der Waals surface area contributed by atoms with Crippen molar-refractivity contribution in [3.63, 3.8) is 0 Å². The van der Waals surface area contributed by atoms with Crippen LogP contribution in [0.3, 0.4) is 0 Å². The van der Waals surface area contributed by atoms with Crippen molar-refractivity contribution in [1.29, 1.82) is 0 Å². The van der Waals surface area contributed by atoms with Crippen LogP contribution in [0, 0.1) is 10.1 Å². The van der Waals surface area contributed by atoms with Crippen LogP contribution in [-0.2, 0) is 4.74 Å². The predicted octanol–water partition coefficient (Wildman–Crippen LogP) is 0.708. The Morgan fingerprint density at radius 1 is 1.48 bits per heavy atom. The van der Waals surface area contributed by atoms with Crippen LogP contribution in [0.4, 0.5) is 5.88 Å². The molecule has 1 aliphatic heterocycles. The maximum absolute atomic E-state index is 10.5. The summed E-state index contributed by atoms with van der Waals surface area (Å²) in [5, 5.41) is 17.8. The highest BCUT2D eigenvalue weighted by Crippen LogP contribution is 2.13. The minimum Gasteiger partial charge on any atom is -0.400 e. The van der Waals surface area contributed by atoms with Gasteiger partial charge in [0.05, 0.1) is 25.5 Å². The monoisotopic (exact) mass is 341 g/mol. The molecule has 2 rings (SSSR count). The lowest BCUT2D eigenvalue weighted by Crippen LogP contribution is -2.39. The SMILES string of the molecule is O=[N+]([O-])c1ccc(/C=N\NC(=S)NCCCN2CCOCC2)o1. The smallest absolute Gasteiger partial charge is 0.400 e. The van der Waals surface area contributed by atoms with Crippen LogP contribution in [0.1, 0.15) is 12.2 Å². The summed E-state index contributed by atoms with van der Waals surface area (Å²) < 4.78 is 10.2. The lowest BCUT2D eigenvalue weighted by molar-refractivity contribution is -0.402. The van der Waals surface area contributed by atoms with Gasteiger partial charge >= 0.3 is 5.88 Å². The van der Waals surface area contributed by atoms with Gasteiger partial charge in [0.15, 0.2) is 10.9 Å². The van der Waals surface area contributed by atoms with E-state index in [0.29, 0.717) is 5.11 Å². The Kier molecular flexibility index (Phi) is 6.91. The molecule has 0 aromatic carbocycles. The molecule has 2 N–H and O–H groups in total. The lowest BCUT2D eigenvalue weighted by Gasteiger charge is -2.26. The zero-order valence-electron chi connectivity index (χ0n) is 12.6. The van der Waals surface area contributed by atoms with Crippen molar-refractivity contribution in [2.24, 2.45) is 5.10 Å². The highest BCUT2D eigenvalue weighted by Gasteiger charge is 2.10. The van der Waals surface area contributed by atoms with Crippen LogP contribution in [-0.4, -0.2) is 60.5 Å². The number of hydrogen-bond donors (Lipinski definition) is 2. The van der Waals surface area contributed by atoms with Gasteiger partial charge < -0.3 is 14.5 Å². The first-order valence-electron chi connectivity index (χ1n) is 7.26. The van der Waals surface area contributed by atoms with Gasteiger partial charge in [0.1, 0.15) is 4.92 Å². The third kappa shape index (κ3) is 6.30. The van der Waals surface area contributed by atoms with E-state index in [2.05, 4.69) is 20.7 Å². The average molecular weight is 341 g/mol. The first kappa shape index (κ1) is 17.3. The van der Waals surface area contributed by atoms with E-state index in [9.17, 15) is 10.1 Å². The molecule has 9 nitrogen and oxygen atoms in total. The van der Waals surface area contributed by atoms with Crippen LogP contribution in [0.25, 0.3) is 0 Å². The summed E-state index contributed by atoms with van der Waals surface area (Å²) in [5.74, 6) is -0.0467. The molecular weight excluding hydrogens is 322 g/mol. The third-order valence-electron chi connectivity index (χ3n) is 3.19. The molecule has 1 aromatic heterocycles. The molecular formula is C13H19N5O4S. The van der Waals surface area contributed by atoms with Gasteiger partial charge in [-0.25, -0.2) is 0 Å². The molecule has 2 heterocycles. The Bertz CT molecular complexity index is 556. The summed E-state index contributed by atoms with van der Waals surface area (Å²) in [5.41, 5.74) is 2.63. The van der Waals surface area contributed by atoms with Crippen LogP contribution in [0.5, 0.6) is 0 Å². The van der Waals surface area contributed by atoms with Crippen molar-refractivity contribution in [3.8, 4) is 0 Å². The van der Waals surface area contributed by atoms with Crippen molar-refractivity contribution in [1.82, 2.24) is 15.6 Å². The number of nitro groups is 1. The fourth-order valence-corrected chi connectivity index (χ4v) is 2.19. The van der Waals surface area contributed by atoms with Crippen molar-refractivity contribution in [2.75, 3.05) is 39.4 Å². The first-order valence-corrected chi connectivity index (χ1v) is 7.67. The summed E-state index contributed by atoms with van der Waals surface area (Å²) in [6, 6.07) is 2.73. The van der Waals surface area contributed by atoms with Crippen molar-refractivity contribution >= 4 is 29.4 Å². The molecule has 0 saturated carbocycles. The number of rotatable bonds is 7. The van der Waals surface area contributed by atoms with Crippen LogP contribution in [0.2, 0.25) is 0 Å². The average Bonchev–Trinajstić information content (AvgIpc) is 3.02. The topological polar surface area (TPSA) is 105 Å². The zero-order chi connectivity index (χ0) is 16.5. The number of thiocarbonyl (C=S) groups is 1. The van der Waals surface area contributed by atoms with Crippen molar-refractivity contribution < 1.29 is 14.1 Å². The van der Waals surface area contributed by atoms with Crippen LogP contribution in [0.15, 0.2) is 21.7 Å². The van der Waals surface area contributed by atoms with Crippen LogP contribution >= 0.6 is 12.2 Å². The minimum absolute atomic E-state index is 0.277. The van der Waals surface area contributed by atoms with E-state index in [1.165, 1.54) is 18.3 Å². The second-order valence-corrected chi connectivity index (χ2v) is 5.27. The van der Waals surface area contributed by atoms with E-state index in [4.69, 9.17) is 21.4 Å². The molecule has 10 heteroatoms. The van der Waals surface area contributed by atoms with Crippen molar-refractivity contribution in [2.45, 2.75) is 6.42 Å². The van der Waals surface area contributed by atoms with Gasteiger partial charge in [-0.15, -0.1) is 0 Å². The second kappa shape index (κ2) is 9.18. The first-order chi connectivity index (χ1) is 11.1. The molecule has 0 aliphatic carbocycles. The van der Waals surface area contributed by atoms with E-state index in [1.807, 2.05) is 0 Å². The second-order valence-electron chi connectivity index (χ2n) is 4.87. The third-order valence-corrected chi connectivity index (χ3v) is 3.43. The van der Waals surface area contributed by atoms with E-state index in [0.717, 1.165) is 45.8 Å². The van der Waals surface area contributed by atoms with Crippen LogP contribution < -0.4 is 10.7 Å². The number of nitrogens with zero attached hydrogens (tertiary/aromatic N) is 3. The highest BCUT2D eigenvalue weighted by molar-refractivity contribution is 7.80. The molecule has 126 valence electrons. The number of nitrogens with one attached hydrogen (secondary N) is 2. The molecule has 0 unspecified atom stereocenters. The molecule has 1 aliphatic rings. The molecule has 0 amide bonds. The van der Waals surface area contributed by atoms with E-state index >= 15 is 0 Å². The molecule has 1 fully saturated rings. The quantitative estimate of drug-likeness (QED) is 0.246. The number of furan rings is 1. The number of hydrazone groups is 1. The Morgan fingerprint density at radius 2 is 2.26 bits per heavy atom. The lowest BCUT2D eigenvalue weighted by atomic mass is 10.3. The van der Waals surface area contributed by atoms with Gasteiger partial charge in [-0.3, -0.25) is 20.4 Å². The van der Waals surface area contributed by atoms with E-state index < -0.39 is 4.92 Å². The highest BCUT2D eigenvalue weighted by atomic mass is 32.1. The molecule has 0 radical (unpaired) electrons. The normalized spacial score (nSPS) is 15.7. The number of ether oxygens (including phenoxy) is 1. The fourth-order valence-electron chi connectivity index (χ4n) is 2.03. The zero-order valence-corrected chi connectivity index (χ0v) is 13.4. The van der Waals surface area contributed by atoms with Gasteiger partial charge in [0.2, 0.25) is 0 Å². The Hall–Kier alpha value is -2.04. The van der Waals surface area contributed by atoms with Gasteiger partial charge in [0.25, 0.3) is 0 Å². The fraction of sp³-hybridized carbons (Fsp3) is 0.538. The molecule has 0 bridgehead atoms. The van der Waals surface area contributed by atoms with Crippen molar-refractivity contribution in [3.05, 3.63) is 28.0 Å². The summed E-state index contributed by atoms with van der Waals surface area (Å²) in [6.45, 7) is 5.29. The summed E-state index contributed by atoms with van der Waals surface area (Å²) >= 11 is 5.08.